The summed E-state index contributed by atoms with van der Waals surface area (Å²) in [6.07, 6.45) is 5.22. The first-order chi connectivity index (χ1) is 9.12. The summed E-state index contributed by atoms with van der Waals surface area (Å²) in [4.78, 5) is 2.59. The molecule has 1 aromatic carbocycles. The molecule has 1 fully saturated rings. The van der Waals surface area contributed by atoms with E-state index in [4.69, 9.17) is 0 Å². The van der Waals surface area contributed by atoms with Gasteiger partial charge in [-0.05, 0) is 43.7 Å². The second kappa shape index (κ2) is 6.19. The van der Waals surface area contributed by atoms with Crippen LogP contribution in [0.5, 0.6) is 0 Å². The van der Waals surface area contributed by atoms with Crippen LogP contribution < -0.4 is 4.83 Å². The van der Waals surface area contributed by atoms with Crippen molar-refractivity contribution in [3.63, 3.8) is 0 Å². The summed E-state index contributed by atoms with van der Waals surface area (Å²) in [7, 11) is -3.52. The van der Waals surface area contributed by atoms with Gasteiger partial charge in [-0.25, -0.2) is 4.83 Å². The molecule has 0 aliphatic heterocycles. The molecule has 1 aliphatic rings. The van der Waals surface area contributed by atoms with Crippen LogP contribution in [0.1, 0.15) is 39.0 Å². The number of sulfonamides is 1. The summed E-state index contributed by atoms with van der Waals surface area (Å²) in [6, 6.07) is 8.33. The minimum atomic E-state index is -3.52. The summed E-state index contributed by atoms with van der Waals surface area (Å²) >= 11 is 0. The lowest BCUT2D eigenvalue weighted by molar-refractivity contribution is 0.428. The standard InChI is InChI=1S/C14H20N2O2S/c1-2-12-8-10-13(11-9-12)15-16-19(17,18)14-6-4-3-5-7-14/h3-7,12,16H,2,8-11H2,1H3. The summed E-state index contributed by atoms with van der Waals surface area (Å²) in [6.45, 7) is 2.20. The van der Waals surface area contributed by atoms with E-state index in [0.717, 1.165) is 37.3 Å². The summed E-state index contributed by atoms with van der Waals surface area (Å²) in [5.74, 6) is 0.768. The number of benzene rings is 1. The lowest BCUT2D eigenvalue weighted by Crippen LogP contribution is -2.22. The third kappa shape index (κ3) is 3.80. The molecule has 104 valence electrons. The molecule has 1 N–H and O–H groups in total. The van der Waals surface area contributed by atoms with Crippen molar-refractivity contribution >= 4 is 15.7 Å². The summed E-state index contributed by atoms with van der Waals surface area (Å²) in [5.41, 5.74) is 0.962. The Morgan fingerprint density at radius 1 is 1.21 bits per heavy atom. The van der Waals surface area contributed by atoms with Crippen molar-refractivity contribution in [3.05, 3.63) is 30.3 Å². The van der Waals surface area contributed by atoms with Gasteiger partial charge in [0.05, 0.1) is 4.90 Å². The molecule has 0 saturated heterocycles. The van der Waals surface area contributed by atoms with E-state index >= 15 is 0 Å². The maximum absolute atomic E-state index is 12.0. The fraction of sp³-hybridized carbons (Fsp3) is 0.500. The van der Waals surface area contributed by atoms with Crippen molar-refractivity contribution in [3.8, 4) is 0 Å². The molecule has 1 aliphatic carbocycles. The van der Waals surface area contributed by atoms with Gasteiger partial charge >= 0.3 is 0 Å². The van der Waals surface area contributed by atoms with Crippen LogP contribution in [0.25, 0.3) is 0 Å². The zero-order valence-corrected chi connectivity index (χ0v) is 12.0. The molecule has 0 aromatic heterocycles. The summed E-state index contributed by atoms with van der Waals surface area (Å²) in [5, 5.41) is 4.08. The van der Waals surface area contributed by atoms with Crippen LogP contribution >= 0.6 is 0 Å². The van der Waals surface area contributed by atoms with Crippen LogP contribution in [0.3, 0.4) is 0 Å². The molecule has 0 atom stereocenters. The maximum Gasteiger partial charge on any atom is 0.276 e. The Morgan fingerprint density at radius 3 is 2.42 bits per heavy atom. The highest BCUT2D eigenvalue weighted by Crippen LogP contribution is 2.24. The van der Waals surface area contributed by atoms with Crippen molar-refractivity contribution in [1.29, 1.82) is 0 Å². The van der Waals surface area contributed by atoms with E-state index in [1.807, 2.05) is 0 Å². The van der Waals surface area contributed by atoms with Gasteiger partial charge in [0.1, 0.15) is 0 Å². The van der Waals surface area contributed by atoms with E-state index in [-0.39, 0.29) is 4.90 Å². The minimum absolute atomic E-state index is 0.251. The molecular formula is C14H20N2O2S. The fourth-order valence-corrected chi connectivity index (χ4v) is 3.18. The molecule has 0 amide bonds. The van der Waals surface area contributed by atoms with Crippen LogP contribution in [-0.4, -0.2) is 14.1 Å². The fourth-order valence-electron chi connectivity index (χ4n) is 2.31. The van der Waals surface area contributed by atoms with Gasteiger partial charge in [-0.2, -0.15) is 13.5 Å². The SMILES string of the molecule is CCC1CCC(=NNS(=O)(=O)c2ccccc2)CC1. The van der Waals surface area contributed by atoms with Crippen LogP contribution in [0.15, 0.2) is 40.3 Å². The third-order valence-corrected chi connectivity index (χ3v) is 4.86. The highest BCUT2D eigenvalue weighted by Gasteiger charge is 2.17. The molecule has 0 spiro atoms. The normalized spacial score (nSPS) is 20.1. The molecule has 1 saturated carbocycles. The van der Waals surface area contributed by atoms with E-state index in [0.29, 0.717) is 0 Å². The molecule has 0 unspecified atom stereocenters. The minimum Gasteiger partial charge on any atom is -0.200 e. The number of hydrogen-bond donors (Lipinski definition) is 1. The average Bonchev–Trinajstić information content (AvgIpc) is 2.47. The first-order valence-corrected chi connectivity index (χ1v) is 8.22. The topological polar surface area (TPSA) is 58.5 Å². The lowest BCUT2D eigenvalue weighted by atomic mass is 9.86. The van der Waals surface area contributed by atoms with E-state index in [1.54, 1.807) is 30.3 Å². The smallest absolute Gasteiger partial charge is 0.200 e. The Morgan fingerprint density at radius 2 is 1.84 bits per heavy atom. The summed E-state index contributed by atoms with van der Waals surface area (Å²) < 4.78 is 24.0. The van der Waals surface area contributed by atoms with Gasteiger partial charge in [0, 0.05) is 5.71 Å². The van der Waals surface area contributed by atoms with Crippen molar-refractivity contribution in [1.82, 2.24) is 4.83 Å². The highest BCUT2D eigenvalue weighted by molar-refractivity contribution is 7.89. The largest absolute Gasteiger partial charge is 0.276 e. The van der Waals surface area contributed by atoms with Gasteiger partial charge in [0.2, 0.25) is 0 Å². The second-order valence-electron chi connectivity index (χ2n) is 4.94. The Balaban J connectivity index is 1.99. The number of nitrogens with zero attached hydrogens (tertiary/aromatic N) is 1. The third-order valence-electron chi connectivity index (χ3n) is 3.64. The van der Waals surface area contributed by atoms with Crippen LogP contribution in [0.2, 0.25) is 0 Å². The van der Waals surface area contributed by atoms with Crippen molar-refractivity contribution in [2.75, 3.05) is 0 Å². The molecule has 0 radical (unpaired) electrons. The number of nitrogens with one attached hydrogen (secondary N) is 1. The molecule has 19 heavy (non-hydrogen) atoms. The Bertz CT molecular complexity index is 528. The molecule has 0 bridgehead atoms. The Kier molecular flexibility index (Phi) is 4.58. The number of rotatable bonds is 4. The zero-order valence-electron chi connectivity index (χ0n) is 11.2. The van der Waals surface area contributed by atoms with Gasteiger partial charge < -0.3 is 0 Å². The van der Waals surface area contributed by atoms with Crippen molar-refractivity contribution < 1.29 is 8.42 Å². The first kappa shape index (κ1) is 14.1. The number of hydrazone groups is 1. The molecule has 0 heterocycles. The van der Waals surface area contributed by atoms with Gasteiger partial charge in [-0.1, -0.05) is 31.5 Å². The van der Waals surface area contributed by atoms with E-state index < -0.39 is 10.0 Å². The van der Waals surface area contributed by atoms with Crippen LogP contribution in [0.4, 0.5) is 0 Å². The molecule has 2 rings (SSSR count). The lowest BCUT2D eigenvalue weighted by Gasteiger charge is -2.21. The van der Waals surface area contributed by atoms with Gasteiger partial charge in [0.15, 0.2) is 0 Å². The number of hydrogen-bond acceptors (Lipinski definition) is 3. The van der Waals surface area contributed by atoms with Gasteiger partial charge in [0.25, 0.3) is 10.0 Å². The average molecular weight is 280 g/mol. The molecule has 1 aromatic rings. The van der Waals surface area contributed by atoms with Gasteiger partial charge in [-0.15, -0.1) is 0 Å². The predicted octanol–water partition coefficient (Wildman–Crippen LogP) is 2.92. The quantitative estimate of drug-likeness (QED) is 0.862. The van der Waals surface area contributed by atoms with Gasteiger partial charge in [-0.3, -0.25) is 0 Å². The van der Waals surface area contributed by atoms with E-state index in [9.17, 15) is 8.42 Å². The molecule has 4 nitrogen and oxygen atoms in total. The first-order valence-electron chi connectivity index (χ1n) is 6.74. The zero-order chi connectivity index (χ0) is 13.7. The van der Waals surface area contributed by atoms with E-state index in [2.05, 4.69) is 16.9 Å². The van der Waals surface area contributed by atoms with Crippen molar-refractivity contribution in [2.24, 2.45) is 11.0 Å². The monoisotopic (exact) mass is 280 g/mol. The second-order valence-corrected chi connectivity index (χ2v) is 6.60. The molecular weight excluding hydrogens is 260 g/mol. The van der Waals surface area contributed by atoms with Crippen LogP contribution in [-0.2, 0) is 10.0 Å². The Hall–Kier alpha value is -1.36. The highest BCUT2D eigenvalue weighted by atomic mass is 32.2. The predicted molar refractivity (Wildman–Crippen MR) is 76.4 cm³/mol. The molecule has 5 heteroatoms. The van der Waals surface area contributed by atoms with Crippen LogP contribution in [0, 0.1) is 5.92 Å². The van der Waals surface area contributed by atoms with E-state index in [1.165, 1.54) is 6.42 Å². The van der Waals surface area contributed by atoms with Crippen molar-refractivity contribution in [2.45, 2.75) is 43.9 Å². The maximum atomic E-state index is 12.0. The Labute approximate surface area is 115 Å².